The molecule has 0 radical (unpaired) electrons. The van der Waals surface area contributed by atoms with Crippen molar-refractivity contribution in [1.29, 1.82) is 0 Å². The minimum Gasteiger partial charge on any atom is -0.478 e. The third-order valence-electron chi connectivity index (χ3n) is 5.91. The van der Waals surface area contributed by atoms with Crippen molar-refractivity contribution in [2.24, 2.45) is 0 Å². The number of nitrogens with zero attached hydrogens (tertiary/aromatic N) is 3. The van der Waals surface area contributed by atoms with Crippen LogP contribution in [0.2, 0.25) is 0 Å². The van der Waals surface area contributed by atoms with Crippen LogP contribution in [0.1, 0.15) is 63.9 Å². The Morgan fingerprint density at radius 2 is 1.40 bits per heavy atom. The summed E-state index contributed by atoms with van der Waals surface area (Å²) in [5.74, 6) is -1.49. The number of hydrogen-bond acceptors (Lipinski definition) is 9. The van der Waals surface area contributed by atoms with E-state index in [1.54, 1.807) is 73.8 Å². The van der Waals surface area contributed by atoms with Gasteiger partial charge in [-0.05, 0) is 62.6 Å². The average Bonchev–Trinajstić information content (AvgIpc) is 3.48. The van der Waals surface area contributed by atoms with Crippen LogP contribution in [-0.2, 0) is 33.9 Å². The average molecular weight is 598 g/mol. The highest BCUT2D eigenvalue weighted by Gasteiger charge is 2.24. The van der Waals surface area contributed by atoms with Crippen LogP contribution in [-0.4, -0.2) is 69.8 Å². The number of esters is 1. The van der Waals surface area contributed by atoms with E-state index in [-0.39, 0.29) is 38.3 Å². The zero-order chi connectivity index (χ0) is 30.7. The first kappa shape index (κ1) is 32.1. The summed E-state index contributed by atoms with van der Waals surface area (Å²) in [6.07, 6.45) is 0.974. The summed E-state index contributed by atoms with van der Waals surface area (Å²) in [4.78, 5) is 57.0. The van der Waals surface area contributed by atoms with E-state index in [1.807, 2.05) is 0 Å². The molecule has 1 aromatic heterocycles. The summed E-state index contributed by atoms with van der Waals surface area (Å²) < 4.78 is 15.9. The van der Waals surface area contributed by atoms with E-state index in [2.05, 4.69) is 4.98 Å². The Bertz CT molecular complexity index is 1340. The first-order valence-electron chi connectivity index (χ1n) is 13.2. The Labute approximate surface area is 248 Å². The number of carboxylic acid groups (broad SMARTS) is 1. The quantitative estimate of drug-likeness (QED) is 0.209. The number of thiazole rings is 1. The van der Waals surface area contributed by atoms with Gasteiger partial charge in [-0.2, -0.15) is 0 Å². The number of methoxy groups -OCH3 is 1. The third-order valence-corrected chi connectivity index (χ3v) is 6.66. The summed E-state index contributed by atoms with van der Waals surface area (Å²) in [5.41, 5.74) is 3.00. The Morgan fingerprint density at radius 1 is 0.857 bits per heavy atom. The van der Waals surface area contributed by atoms with Crippen molar-refractivity contribution in [2.45, 2.75) is 52.5 Å². The maximum absolute atomic E-state index is 13.1. The monoisotopic (exact) mass is 597 g/mol. The number of hydrogen-bond donors (Lipinski definition) is 1. The van der Waals surface area contributed by atoms with E-state index in [0.717, 1.165) is 16.0 Å². The van der Waals surface area contributed by atoms with Gasteiger partial charge in [-0.25, -0.2) is 19.2 Å². The highest BCUT2D eigenvalue weighted by molar-refractivity contribution is 7.09. The maximum atomic E-state index is 13.1. The van der Waals surface area contributed by atoms with Gasteiger partial charge in [-0.1, -0.05) is 24.3 Å². The molecule has 3 aromatic rings. The second-order valence-corrected chi connectivity index (χ2v) is 11.4. The summed E-state index contributed by atoms with van der Waals surface area (Å²) in [5, 5.41) is 9.19. The lowest BCUT2D eigenvalue weighted by molar-refractivity contribution is 0.0225. The highest BCUT2D eigenvalue weighted by Crippen LogP contribution is 2.16. The van der Waals surface area contributed by atoms with Gasteiger partial charge >= 0.3 is 24.1 Å². The molecular formula is C30H35N3O8S. The SMILES string of the molecule is COC(=O)c1ccc(CN(CCCN(Cc2ccc(C(=O)O)cc2)C(=O)OCc2cncs2)C(=O)OC(C)(C)C)cc1. The van der Waals surface area contributed by atoms with Gasteiger partial charge in [0, 0.05) is 32.4 Å². The first-order chi connectivity index (χ1) is 19.9. The molecule has 0 fully saturated rings. The van der Waals surface area contributed by atoms with Crippen molar-refractivity contribution in [1.82, 2.24) is 14.8 Å². The summed E-state index contributed by atoms with van der Waals surface area (Å²) in [6.45, 7) is 6.35. The standard InChI is InChI=1S/C30H35N3O8S/c1-30(2,3)41-29(38)33(18-22-8-12-24(13-9-22)27(36)39-4)15-5-14-32(28(37)40-19-25-16-31-20-42-25)17-21-6-10-23(11-7-21)26(34)35/h6-13,16,20H,5,14-15,17-19H2,1-4H3,(H,34,35). The molecule has 11 nitrogen and oxygen atoms in total. The molecule has 224 valence electrons. The lowest BCUT2D eigenvalue weighted by Gasteiger charge is -2.29. The minimum atomic E-state index is -1.04. The van der Waals surface area contributed by atoms with Crippen molar-refractivity contribution < 1.29 is 38.5 Å². The van der Waals surface area contributed by atoms with Gasteiger partial charge in [0.25, 0.3) is 0 Å². The number of ether oxygens (including phenoxy) is 3. The van der Waals surface area contributed by atoms with Crippen molar-refractivity contribution in [2.75, 3.05) is 20.2 Å². The number of amides is 2. The van der Waals surface area contributed by atoms with E-state index in [4.69, 9.17) is 14.2 Å². The molecule has 1 N–H and O–H groups in total. The van der Waals surface area contributed by atoms with Crippen LogP contribution in [0, 0.1) is 0 Å². The smallest absolute Gasteiger partial charge is 0.410 e. The molecule has 2 amide bonds. The van der Waals surface area contributed by atoms with Gasteiger partial charge in [-0.3, -0.25) is 4.98 Å². The fourth-order valence-corrected chi connectivity index (χ4v) is 4.35. The second-order valence-electron chi connectivity index (χ2n) is 10.4. The van der Waals surface area contributed by atoms with Gasteiger partial charge < -0.3 is 29.1 Å². The third kappa shape index (κ3) is 10.2. The largest absolute Gasteiger partial charge is 0.478 e. The van der Waals surface area contributed by atoms with Crippen molar-refractivity contribution >= 4 is 35.5 Å². The van der Waals surface area contributed by atoms with Crippen LogP contribution < -0.4 is 0 Å². The molecule has 12 heteroatoms. The molecule has 0 aliphatic heterocycles. The van der Waals surface area contributed by atoms with Crippen LogP contribution in [0.5, 0.6) is 0 Å². The van der Waals surface area contributed by atoms with Gasteiger partial charge in [0.1, 0.15) is 12.2 Å². The Morgan fingerprint density at radius 3 is 1.88 bits per heavy atom. The second kappa shape index (κ2) is 15.0. The number of carbonyl (C=O) groups excluding carboxylic acids is 3. The predicted octanol–water partition coefficient (Wildman–Crippen LogP) is 5.59. The zero-order valence-corrected chi connectivity index (χ0v) is 24.9. The van der Waals surface area contributed by atoms with Gasteiger partial charge in [0.15, 0.2) is 0 Å². The number of benzene rings is 2. The molecule has 0 saturated carbocycles. The lowest BCUT2D eigenvalue weighted by Crippen LogP contribution is -2.39. The van der Waals surface area contributed by atoms with Crippen molar-refractivity contribution in [3.05, 3.63) is 87.4 Å². The lowest BCUT2D eigenvalue weighted by atomic mass is 10.1. The van der Waals surface area contributed by atoms with Crippen LogP contribution in [0.4, 0.5) is 9.59 Å². The zero-order valence-electron chi connectivity index (χ0n) is 24.1. The fraction of sp³-hybridized carbons (Fsp3) is 0.367. The number of aromatic nitrogens is 1. The normalized spacial score (nSPS) is 11.0. The molecule has 0 aliphatic rings. The number of carbonyl (C=O) groups is 4. The topological polar surface area (TPSA) is 136 Å². The van der Waals surface area contributed by atoms with E-state index < -0.39 is 29.7 Å². The maximum Gasteiger partial charge on any atom is 0.410 e. The van der Waals surface area contributed by atoms with Crippen LogP contribution in [0.3, 0.4) is 0 Å². The Kier molecular flexibility index (Phi) is 11.4. The molecule has 0 atom stereocenters. The summed E-state index contributed by atoms with van der Waals surface area (Å²) in [6, 6.07) is 13.0. The molecule has 1 heterocycles. The molecule has 0 saturated heterocycles. The van der Waals surface area contributed by atoms with E-state index in [0.29, 0.717) is 12.0 Å². The van der Waals surface area contributed by atoms with Crippen molar-refractivity contribution in [3.8, 4) is 0 Å². The minimum absolute atomic E-state index is 0.0730. The Hall–Kier alpha value is -4.45. The molecule has 0 unspecified atom stereocenters. The molecule has 0 spiro atoms. The first-order valence-corrected chi connectivity index (χ1v) is 14.1. The number of rotatable bonds is 12. The van der Waals surface area contributed by atoms with Gasteiger partial charge in [-0.15, -0.1) is 11.3 Å². The molecule has 3 rings (SSSR count). The van der Waals surface area contributed by atoms with Crippen LogP contribution in [0.25, 0.3) is 0 Å². The van der Waals surface area contributed by atoms with Crippen molar-refractivity contribution in [3.63, 3.8) is 0 Å². The predicted molar refractivity (Wildman–Crippen MR) is 155 cm³/mol. The fourth-order valence-electron chi connectivity index (χ4n) is 3.84. The van der Waals surface area contributed by atoms with Gasteiger partial charge in [0.2, 0.25) is 0 Å². The number of aromatic carboxylic acids is 1. The van der Waals surface area contributed by atoms with E-state index in [1.165, 1.54) is 35.5 Å². The molecule has 2 aromatic carbocycles. The highest BCUT2D eigenvalue weighted by atomic mass is 32.1. The van der Waals surface area contributed by atoms with Crippen LogP contribution >= 0.6 is 11.3 Å². The van der Waals surface area contributed by atoms with Crippen LogP contribution in [0.15, 0.2) is 60.2 Å². The summed E-state index contributed by atoms with van der Waals surface area (Å²) >= 11 is 1.37. The molecule has 0 bridgehead atoms. The van der Waals surface area contributed by atoms with Gasteiger partial charge in [0.05, 0.1) is 28.6 Å². The molecule has 42 heavy (non-hydrogen) atoms. The summed E-state index contributed by atoms with van der Waals surface area (Å²) in [7, 11) is 1.31. The van der Waals surface area contributed by atoms with E-state index in [9.17, 15) is 24.3 Å². The number of carboxylic acids is 1. The van der Waals surface area contributed by atoms with E-state index >= 15 is 0 Å². The molecular weight excluding hydrogens is 562 g/mol. The molecule has 0 aliphatic carbocycles. The Balaban J connectivity index is 1.72.